The van der Waals surface area contributed by atoms with Gasteiger partial charge in [-0.25, -0.2) is 4.39 Å². The lowest BCUT2D eigenvalue weighted by atomic mass is 9.98. The summed E-state index contributed by atoms with van der Waals surface area (Å²) in [4.78, 5) is 13.1. The first-order valence-electron chi connectivity index (χ1n) is 13.5. The number of carbonyl (C=O) groups excluding carboxylic acids is 1. The van der Waals surface area contributed by atoms with Crippen LogP contribution < -0.4 is 10.1 Å². The van der Waals surface area contributed by atoms with E-state index in [0.29, 0.717) is 17.9 Å². The molecule has 2 rings (SSSR count). The fraction of sp³-hybridized carbons (Fsp3) is 0.567. The summed E-state index contributed by atoms with van der Waals surface area (Å²) in [5.74, 6) is -0.204. The largest absolute Gasteiger partial charge is 0.493 e. The Bertz CT molecular complexity index is 836. The van der Waals surface area contributed by atoms with Gasteiger partial charge in [-0.3, -0.25) is 4.79 Å². The van der Waals surface area contributed by atoms with E-state index < -0.39 is 5.82 Å². The molecule has 3 nitrogen and oxygen atoms in total. The maximum atomic E-state index is 14.1. The summed E-state index contributed by atoms with van der Waals surface area (Å²) in [5.41, 5.74) is 1.67. The fourth-order valence-electron chi connectivity index (χ4n) is 4.40. The molecule has 4 heteroatoms. The highest BCUT2D eigenvalue weighted by molar-refractivity contribution is 6.07. The van der Waals surface area contributed by atoms with E-state index in [1.807, 2.05) is 25.1 Å². The summed E-state index contributed by atoms with van der Waals surface area (Å²) >= 11 is 0. The lowest BCUT2D eigenvalue weighted by molar-refractivity contribution is 0.102. The van der Waals surface area contributed by atoms with Gasteiger partial charge in [0.15, 0.2) is 0 Å². The van der Waals surface area contributed by atoms with E-state index in [-0.39, 0.29) is 11.6 Å². The minimum atomic E-state index is -0.442. The lowest BCUT2D eigenvalue weighted by Crippen LogP contribution is -2.17. The van der Waals surface area contributed by atoms with Crippen molar-refractivity contribution in [3.05, 3.63) is 59.4 Å². The summed E-state index contributed by atoms with van der Waals surface area (Å²) in [5, 5.41) is 2.72. The number of hydrogen-bond acceptors (Lipinski definition) is 2. The molecular weight excluding hydrogens is 425 g/mol. The average Bonchev–Trinajstić information content (AvgIpc) is 2.83. The van der Waals surface area contributed by atoms with E-state index >= 15 is 0 Å². The molecule has 1 N–H and O–H groups in total. The normalized spacial score (nSPS) is 10.9. The van der Waals surface area contributed by atoms with Crippen LogP contribution in [0.3, 0.4) is 0 Å². The average molecular weight is 470 g/mol. The maximum absolute atomic E-state index is 14.1. The van der Waals surface area contributed by atoms with E-state index in [1.54, 1.807) is 18.2 Å². The lowest BCUT2D eigenvalue weighted by Gasteiger charge is -2.15. The number of nitrogens with one attached hydrogen (secondary N) is 1. The highest BCUT2D eigenvalue weighted by Gasteiger charge is 2.18. The Hall–Kier alpha value is -2.36. The SMILES string of the molecule is CCCCCCCCCCCCCCCc1cccc(OCC)c1C(=O)Nc1ccccc1F. The first kappa shape index (κ1) is 27.9. The molecule has 34 heavy (non-hydrogen) atoms. The molecule has 0 saturated carbocycles. The number of ether oxygens (including phenoxy) is 1. The Kier molecular flexibility index (Phi) is 14.0. The Morgan fingerprint density at radius 1 is 0.765 bits per heavy atom. The van der Waals surface area contributed by atoms with Crippen molar-refractivity contribution in [3.63, 3.8) is 0 Å². The van der Waals surface area contributed by atoms with Gasteiger partial charge in [-0.05, 0) is 43.5 Å². The van der Waals surface area contributed by atoms with Crippen molar-refractivity contribution in [1.82, 2.24) is 0 Å². The predicted molar refractivity (Wildman–Crippen MR) is 141 cm³/mol. The van der Waals surface area contributed by atoms with Gasteiger partial charge in [-0.2, -0.15) is 0 Å². The Morgan fingerprint density at radius 2 is 1.35 bits per heavy atom. The van der Waals surface area contributed by atoms with Crippen LogP contribution in [0.2, 0.25) is 0 Å². The van der Waals surface area contributed by atoms with Gasteiger partial charge >= 0.3 is 0 Å². The van der Waals surface area contributed by atoms with Crippen molar-refractivity contribution in [2.45, 2.75) is 104 Å². The molecule has 0 unspecified atom stereocenters. The van der Waals surface area contributed by atoms with Gasteiger partial charge in [0.2, 0.25) is 0 Å². The minimum Gasteiger partial charge on any atom is -0.493 e. The zero-order valence-electron chi connectivity index (χ0n) is 21.3. The number of amides is 1. The van der Waals surface area contributed by atoms with Crippen molar-refractivity contribution >= 4 is 11.6 Å². The molecule has 0 aliphatic heterocycles. The molecule has 0 spiro atoms. The fourth-order valence-corrected chi connectivity index (χ4v) is 4.40. The maximum Gasteiger partial charge on any atom is 0.259 e. The molecular formula is C30H44FNO2. The molecule has 188 valence electrons. The van der Waals surface area contributed by atoms with Crippen LogP contribution in [-0.2, 0) is 6.42 Å². The Morgan fingerprint density at radius 3 is 1.94 bits per heavy atom. The predicted octanol–water partition coefficient (Wildman–Crippen LogP) is 9.11. The highest BCUT2D eigenvalue weighted by Crippen LogP contribution is 2.26. The molecule has 2 aromatic rings. The highest BCUT2D eigenvalue weighted by atomic mass is 19.1. The number of unbranched alkanes of at least 4 members (excludes halogenated alkanes) is 12. The summed E-state index contributed by atoms with van der Waals surface area (Å²) in [6.45, 7) is 4.64. The van der Waals surface area contributed by atoms with Gasteiger partial charge in [0.25, 0.3) is 5.91 Å². The molecule has 2 aromatic carbocycles. The van der Waals surface area contributed by atoms with Crippen molar-refractivity contribution < 1.29 is 13.9 Å². The number of aryl methyl sites for hydroxylation is 1. The van der Waals surface area contributed by atoms with E-state index in [1.165, 1.54) is 76.7 Å². The second-order valence-electron chi connectivity index (χ2n) is 9.15. The summed E-state index contributed by atoms with van der Waals surface area (Å²) in [6.07, 6.45) is 17.9. The van der Waals surface area contributed by atoms with E-state index in [2.05, 4.69) is 12.2 Å². The first-order valence-corrected chi connectivity index (χ1v) is 13.5. The number of carbonyl (C=O) groups is 1. The first-order chi connectivity index (χ1) is 16.7. The molecule has 0 aromatic heterocycles. The van der Waals surface area contributed by atoms with E-state index in [0.717, 1.165) is 24.8 Å². The molecule has 0 bridgehead atoms. The Labute approximate surface area is 206 Å². The number of para-hydroxylation sites is 1. The second kappa shape index (κ2) is 17.1. The van der Waals surface area contributed by atoms with Crippen LogP contribution in [0.15, 0.2) is 42.5 Å². The summed E-state index contributed by atoms with van der Waals surface area (Å²) in [6, 6.07) is 12.0. The van der Waals surface area contributed by atoms with Crippen LogP contribution in [0.25, 0.3) is 0 Å². The third-order valence-electron chi connectivity index (χ3n) is 6.31. The van der Waals surface area contributed by atoms with Crippen LogP contribution in [0.1, 0.15) is 113 Å². The van der Waals surface area contributed by atoms with Crippen LogP contribution in [0.4, 0.5) is 10.1 Å². The van der Waals surface area contributed by atoms with Crippen molar-refractivity contribution in [1.29, 1.82) is 0 Å². The minimum absolute atomic E-state index is 0.186. The van der Waals surface area contributed by atoms with E-state index in [4.69, 9.17) is 4.74 Å². The molecule has 0 fully saturated rings. The molecule has 0 atom stereocenters. The summed E-state index contributed by atoms with van der Waals surface area (Å²) < 4.78 is 19.8. The number of anilines is 1. The standard InChI is InChI=1S/C30H44FNO2/c1-3-5-6-7-8-9-10-11-12-13-14-15-16-20-25-21-19-24-28(34-4-2)29(25)30(33)32-27-23-18-17-22-26(27)31/h17-19,21-24H,3-16,20H2,1-2H3,(H,32,33). The topological polar surface area (TPSA) is 38.3 Å². The smallest absolute Gasteiger partial charge is 0.259 e. The van der Waals surface area contributed by atoms with Gasteiger partial charge in [-0.15, -0.1) is 0 Å². The zero-order chi connectivity index (χ0) is 24.4. The van der Waals surface area contributed by atoms with Crippen LogP contribution in [0, 0.1) is 5.82 Å². The molecule has 1 amide bonds. The monoisotopic (exact) mass is 469 g/mol. The van der Waals surface area contributed by atoms with Crippen LogP contribution >= 0.6 is 0 Å². The van der Waals surface area contributed by atoms with Gasteiger partial charge in [0.1, 0.15) is 11.6 Å². The number of benzene rings is 2. The second-order valence-corrected chi connectivity index (χ2v) is 9.15. The number of halogens is 1. The quantitative estimate of drug-likeness (QED) is 0.221. The van der Waals surface area contributed by atoms with Crippen molar-refractivity contribution in [2.75, 3.05) is 11.9 Å². The van der Waals surface area contributed by atoms with Crippen molar-refractivity contribution in [3.8, 4) is 5.75 Å². The summed E-state index contributed by atoms with van der Waals surface area (Å²) in [7, 11) is 0. The van der Waals surface area contributed by atoms with Gasteiger partial charge < -0.3 is 10.1 Å². The van der Waals surface area contributed by atoms with Crippen molar-refractivity contribution in [2.24, 2.45) is 0 Å². The molecule has 0 heterocycles. The zero-order valence-corrected chi connectivity index (χ0v) is 21.3. The van der Waals surface area contributed by atoms with Gasteiger partial charge in [0.05, 0.1) is 17.9 Å². The number of hydrogen-bond donors (Lipinski definition) is 1. The molecule has 0 aliphatic carbocycles. The van der Waals surface area contributed by atoms with Gasteiger partial charge in [-0.1, -0.05) is 108 Å². The molecule has 0 aliphatic rings. The molecule has 0 radical (unpaired) electrons. The molecule has 0 saturated heterocycles. The van der Waals surface area contributed by atoms with E-state index in [9.17, 15) is 9.18 Å². The number of rotatable bonds is 18. The Balaban J connectivity index is 1.76. The van der Waals surface area contributed by atoms with Gasteiger partial charge in [0, 0.05) is 0 Å². The van der Waals surface area contributed by atoms with Crippen LogP contribution in [-0.4, -0.2) is 12.5 Å². The third kappa shape index (κ3) is 10.3. The van der Waals surface area contributed by atoms with Crippen LogP contribution in [0.5, 0.6) is 5.75 Å². The third-order valence-corrected chi connectivity index (χ3v) is 6.31.